The second kappa shape index (κ2) is 8.49. The van der Waals surface area contributed by atoms with Crippen molar-refractivity contribution in [1.29, 1.82) is 0 Å². The predicted octanol–water partition coefficient (Wildman–Crippen LogP) is 2.23. The molecule has 27 heavy (non-hydrogen) atoms. The summed E-state index contributed by atoms with van der Waals surface area (Å²) in [5, 5.41) is 5.74. The highest BCUT2D eigenvalue weighted by atomic mass is 32.2. The van der Waals surface area contributed by atoms with Crippen LogP contribution in [-0.4, -0.2) is 43.8 Å². The number of amides is 1. The fourth-order valence-corrected chi connectivity index (χ4v) is 4.47. The van der Waals surface area contributed by atoms with E-state index in [-0.39, 0.29) is 10.8 Å². The second-order valence-electron chi connectivity index (χ2n) is 6.47. The van der Waals surface area contributed by atoms with Crippen molar-refractivity contribution in [2.75, 3.05) is 25.5 Å². The van der Waals surface area contributed by atoms with Crippen LogP contribution in [0.5, 0.6) is 0 Å². The summed E-state index contributed by atoms with van der Waals surface area (Å²) in [5.74, 6) is 0.477. The molecule has 2 heterocycles. The van der Waals surface area contributed by atoms with Gasteiger partial charge >= 0.3 is 0 Å². The van der Waals surface area contributed by atoms with Gasteiger partial charge in [-0.15, -0.1) is 0 Å². The zero-order valence-corrected chi connectivity index (χ0v) is 16.1. The summed E-state index contributed by atoms with van der Waals surface area (Å²) in [6.45, 7) is 1.68. The van der Waals surface area contributed by atoms with Crippen LogP contribution in [0.25, 0.3) is 0 Å². The Balaban J connectivity index is 1.61. The summed E-state index contributed by atoms with van der Waals surface area (Å²) in [5.41, 5.74) is 1.60. The number of benzene rings is 1. The maximum atomic E-state index is 12.6. The van der Waals surface area contributed by atoms with Crippen LogP contribution in [0, 0.1) is 0 Å². The molecule has 3 rings (SSSR count). The monoisotopic (exact) mass is 388 g/mol. The fourth-order valence-electron chi connectivity index (χ4n) is 3.00. The minimum Gasteiger partial charge on any atom is -0.366 e. The van der Waals surface area contributed by atoms with Gasteiger partial charge in [-0.25, -0.2) is 13.4 Å². The van der Waals surface area contributed by atoms with Gasteiger partial charge in [0.2, 0.25) is 10.0 Å². The van der Waals surface area contributed by atoms with Crippen LogP contribution in [0.2, 0.25) is 0 Å². The molecule has 1 aromatic heterocycles. The van der Waals surface area contributed by atoms with Crippen LogP contribution in [0.3, 0.4) is 0 Å². The summed E-state index contributed by atoms with van der Waals surface area (Å²) in [4.78, 5) is 16.0. The van der Waals surface area contributed by atoms with Gasteiger partial charge in [0.05, 0.1) is 0 Å². The van der Waals surface area contributed by atoms with E-state index >= 15 is 0 Å². The first kappa shape index (κ1) is 19.3. The van der Waals surface area contributed by atoms with Crippen molar-refractivity contribution >= 4 is 21.7 Å². The molecule has 0 saturated carbocycles. The molecule has 1 saturated heterocycles. The van der Waals surface area contributed by atoms with E-state index in [1.165, 1.54) is 10.5 Å². The Morgan fingerprint density at radius 2 is 1.78 bits per heavy atom. The minimum absolute atomic E-state index is 0.123. The largest absolute Gasteiger partial charge is 0.366 e. The van der Waals surface area contributed by atoms with Gasteiger partial charge in [0, 0.05) is 38.4 Å². The normalized spacial score (nSPS) is 15.3. The van der Waals surface area contributed by atoms with Gasteiger partial charge < -0.3 is 10.6 Å². The molecule has 8 heteroatoms. The summed E-state index contributed by atoms with van der Waals surface area (Å²) >= 11 is 0. The number of carbonyl (C=O) groups excluding carboxylic acids is 1. The van der Waals surface area contributed by atoms with Gasteiger partial charge in [0.15, 0.2) is 0 Å². The number of hydrogen-bond donors (Lipinski definition) is 2. The van der Waals surface area contributed by atoms with Gasteiger partial charge in [-0.3, -0.25) is 4.79 Å². The number of carbonyl (C=O) groups is 1. The number of aromatic nitrogens is 1. The Kier molecular flexibility index (Phi) is 6.08. The van der Waals surface area contributed by atoms with Crippen LogP contribution in [-0.2, 0) is 16.6 Å². The van der Waals surface area contributed by atoms with Crippen molar-refractivity contribution in [2.45, 2.75) is 30.7 Å². The van der Waals surface area contributed by atoms with Crippen molar-refractivity contribution in [1.82, 2.24) is 14.6 Å². The molecular weight excluding hydrogens is 364 g/mol. The molecule has 1 fully saturated rings. The van der Waals surface area contributed by atoms with E-state index in [0.717, 1.165) is 24.8 Å². The molecule has 0 radical (unpaired) electrons. The van der Waals surface area contributed by atoms with Gasteiger partial charge in [0.1, 0.15) is 10.7 Å². The maximum absolute atomic E-state index is 12.6. The number of rotatable bonds is 6. The zero-order chi connectivity index (χ0) is 19.3. The molecule has 144 valence electrons. The summed E-state index contributed by atoms with van der Waals surface area (Å²) in [7, 11) is -1.86. The quantitative estimate of drug-likeness (QED) is 0.792. The third-order valence-corrected chi connectivity index (χ3v) is 6.49. The molecule has 1 aliphatic rings. The van der Waals surface area contributed by atoms with Crippen molar-refractivity contribution in [2.24, 2.45) is 0 Å². The first-order valence-corrected chi connectivity index (χ1v) is 10.5. The van der Waals surface area contributed by atoms with Crippen molar-refractivity contribution < 1.29 is 13.2 Å². The molecule has 2 N–H and O–H groups in total. The van der Waals surface area contributed by atoms with E-state index in [1.807, 2.05) is 12.1 Å². The van der Waals surface area contributed by atoms with E-state index in [1.54, 1.807) is 31.3 Å². The van der Waals surface area contributed by atoms with Crippen LogP contribution in [0.15, 0.2) is 47.5 Å². The van der Waals surface area contributed by atoms with Gasteiger partial charge in [-0.1, -0.05) is 18.6 Å². The topological polar surface area (TPSA) is 91.4 Å². The number of anilines is 1. The van der Waals surface area contributed by atoms with Crippen molar-refractivity contribution in [3.63, 3.8) is 0 Å². The van der Waals surface area contributed by atoms with E-state index in [2.05, 4.69) is 15.6 Å². The van der Waals surface area contributed by atoms with Gasteiger partial charge in [-0.05, 0) is 42.7 Å². The predicted molar refractivity (Wildman–Crippen MR) is 104 cm³/mol. The number of hydrogen-bond acceptors (Lipinski definition) is 5. The molecule has 0 spiro atoms. The number of piperidine rings is 1. The number of sulfonamides is 1. The number of nitrogens with zero attached hydrogens (tertiary/aromatic N) is 2. The molecule has 1 amide bonds. The summed E-state index contributed by atoms with van der Waals surface area (Å²) < 4.78 is 26.8. The lowest BCUT2D eigenvalue weighted by molar-refractivity contribution is 0.0963. The standard InChI is InChI=1S/C19H24N4O3S/c1-20-19(24)16-7-5-15(6-8-16)13-21-18-10-9-17(14-22-18)27(25,26)23-11-3-2-4-12-23/h5-10,14H,2-4,11-13H2,1H3,(H,20,24)(H,21,22). The van der Waals surface area contributed by atoms with Crippen molar-refractivity contribution in [3.05, 3.63) is 53.7 Å². The molecule has 1 aromatic carbocycles. The molecule has 0 unspecified atom stereocenters. The van der Waals surface area contributed by atoms with Crippen LogP contribution >= 0.6 is 0 Å². The number of pyridine rings is 1. The highest BCUT2D eigenvalue weighted by molar-refractivity contribution is 7.89. The average Bonchev–Trinajstić information content (AvgIpc) is 2.73. The van der Waals surface area contributed by atoms with Crippen LogP contribution in [0.4, 0.5) is 5.82 Å². The Bertz CT molecular complexity index is 874. The van der Waals surface area contributed by atoms with E-state index in [0.29, 0.717) is 31.0 Å². The fraction of sp³-hybridized carbons (Fsp3) is 0.368. The van der Waals surface area contributed by atoms with E-state index in [9.17, 15) is 13.2 Å². The minimum atomic E-state index is -3.46. The maximum Gasteiger partial charge on any atom is 0.251 e. The molecule has 0 atom stereocenters. The van der Waals surface area contributed by atoms with Gasteiger partial charge in [0.25, 0.3) is 5.91 Å². The van der Waals surface area contributed by atoms with Crippen LogP contribution in [0.1, 0.15) is 35.2 Å². The summed E-state index contributed by atoms with van der Waals surface area (Å²) in [6, 6.07) is 10.5. The number of nitrogens with one attached hydrogen (secondary N) is 2. The average molecular weight is 388 g/mol. The summed E-state index contributed by atoms with van der Waals surface area (Å²) in [6.07, 6.45) is 4.30. The Morgan fingerprint density at radius 3 is 2.37 bits per heavy atom. The molecule has 2 aromatic rings. The molecule has 0 aliphatic carbocycles. The first-order valence-electron chi connectivity index (χ1n) is 9.02. The lowest BCUT2D eigenvalue weighted by Gasteiger charge is -2.25. The Labute approximate surface area is 159 Å². The Hall–Kier alpha value is -2.45. The smallest absolute Gasteiger partial charge is 0.251 e. The van der Waals surface area contributed by atoms with Crippen molar-refractivity contribution in [3.8, 4) is 0 Å². The molecule has 0 bridgehead atoms. The third kappa shape index (κ3) is 4.64. The Morgan fingerprint density at radius 1 is 1.07 bits per heavy atom. The zero-order valence-electron chi connectivity index (χ0n) is 15.3. The molecular formula is C19H24N4O3S. The lowest BCUT2D eigenvalue weighted by atomic mass is 10.1. The van der Waals surface area contributed by atoms with Gasteiger partial charge in [-0.2, -0.15) is 4.31 Å². The second-order valence-corrected chi connectivity index (χ2v) is 8.41. The molecule has 7 nitrogen and oxygen atoms in total. The highest BCUT2D eigenvalue weighted by Crippen LogP contribution is 2.20. The van der Waals surface area contributed by atoms with E-state index in [4.69, 9.17) is 0 Å². The van der Waals surface area contributed by atoms with Crippen LogP contribution < -0.4 is 10.6 Å². The first-order chi connectivity index (χ1) is 13.0. The highest BCUT2D eigenvalue weighted by Gasteiger charge is 2.26. The SMILES string of the molecule is CNC(=O)c1ccc(CNc2ccc(S(=O)(=O)N3CCCCC3)cn2)cc1. The molecule has 1 aliphatic heterocycles. The third-order valence-electron chi connectivity index (χ3n) is 4.61. The lowest BCUT2D eigenvalue weighted by Crippen LogP contribution is -2.35. The van der Waals surface area contributed by atoms with E-state index < -0.39 is 10.0 Å².